The second-order valence-corrected chi connectivity index (χ2v) is 5.21. The van der Waals surface area contributed by atoms with Gasteiger partial charge < -0.3 is 5.73 Å². The van der Waals surface area contributed by atoms with E-state index in [0.717, 1.165) is 11.6 Å². The van der Waals surface area contributed by atoms with Gasteiger partial charge in [0.15, 0.2) is 5.16 Å². The molecule has 0 radical (unpaired) electrons. The van der Waals surface area contributed by atoms with Gasteiger partial charge in [0.25, 0.3) is 0 Å². The van der Waals surface area contributed by atoms with E-state index < -0.39 is 11.7 Å². The molecule has 2 rings (SSSR count). The summed E-state index contributed by atoms with van der Waals surface area (Å²) in [6.07, 6.45) is -1.08. The normalized spacial score (nSPS) is 11.7. The minimum absolute atomic E-state index is 0.0645. The lowest BCUT2D eigenvalue weighted by Gasteiger charge is -2.12. The summed E-state index contributed by atoms with van der Waals surface area (Å²) in [6.45, 7) is 1.69. The van der Waals surface area contributed by atoms with Crippen LogP contribution in [0.5, 0.6) is 0 Å². The summed E-state index contributed by atoms with van der Waals surface area (Å²) in [5.74, 6) is 0. The van der Waals surface area contributed by atoms with Gasteiger partial charge >= 0.3 is 6.18 Å². The molecule has 0 aliphatic rings. The summed E-state index contributed by atoms with van der Waals surface area (Å²) in [5.41, 5.74) is 5.67. The molecular formula is C13H12F3N3S. The van der Waals surface area contributed by atoms with Crippen molar-refractivity contribution in [2.24, 2.45) is 5.73 Å². The van der Waals surface area contributed by atoms with Crippen molar-refractivity contribution in [2.75, 3.05) is 0 Å². The third-order valence-electron chi connectivity index (χ3n) is 2.57. The van der Waals surface area contributed by atoms with Crippen molar-refractivity contribution in [2.45, 2.75) is 29.7 Å². The Morgan fingerprint density at radius 3 is 2.40 bits per heavy atom. The van der Waals surface area contributed by atoms with Crippen molar-refractivity contribution in [3.8, 4) is 0 Å². The summed E-state index contributed by atoms with van der Waals surface area (Å²) < 4.78 is 38.3. The topological polar surface area (TPSA) is 51.8 Å². The van der Waals surface area contributed by atoms with Gasteiger partial charge in [-0.05, 0) is 48.0 Å². The molecule has 0 unspecified atom stereocenters. The monoisotopic (exact) mass is 299 g/mol. The molecule has 2 N–H and O–H groups in total. The number of hydrogen-bond acceptors (Lipinski definition) is 4. The van der Waals surface area contributed by atoms with Crippen LogP contribution >= 0.6 is 11.8 Å². The van der Waals surface area contributed by atoms with Crippen LogP contribution in [0.3, 0.4) is 0 Å². The van der Waals surface area contributed by atoms with Gasteiger partial charge in [-0.2, -0.15) is 13.2 Å². The van der Waals surface area contributed by atoms with E-state index in [9.17, 15) is 13.2 Å². The largest absolute Gasteiger partial charge is 0.416 e. The number of nitrogens with two attached hydrogens (primary N) is 1. The van der Waals surface area contributed by atoms with Crippen molar-refractivity contribution in [1.29, 1.82) is 0 Å². The fourth-order valence-electron chi connectivity index (χ4n) is 1.62. The second-order valence-electron chi connectivity index (χ2n) is 4.17. The summed E-state index contributed by atoms with van der Waals surface area (Å²) in [6, 6.07) is 3.87. The molecule has 0 atom stereocenters. The van der Waals surface area contributed by atoms with Crippen LogP contribution in [-0.2, 0) is 12.7 Å². The smallest absolute Gasteiger partial charge is 0.326 e. The SMILES string of the molecule is Cc1cnc(Sc2ccc(C(F)(F)F)c(CN)c2)nc1. The van der Waals surface area contributed by atoms with E-state index in [1.165, 1.54) is 23.9 Å². The van der Waals surface area contributed by atoms with Crippen LogP contribution in [-0.4, -0.2) is 9.97 Å². The van der Waals surface area contributed by atoms with Gasteiger partial charge in [-0.15, -0.1) is 0 Å². The lowest BCUT2D eigenvalue weighted by atomic mass is 10.1. The first-order valence-corrected chi connectivity index (χ1v) is 6.58. The van der Waals surface area contributed by atoms with Gasteiger partial charge in [0.2, 0.25) is 0 Å². The number of rotatable bonds is 3. The average molecular weight is 299 g/mol. The summed E-state index contributed by atoms with van der Waals surface area (Å²) >= 11 is 1.20. The van der Waals surface area contributed by atoms with Crippen LogP contribution < -0.4 is 5.73 Å². The van der Waals surface area contributed by atoms with E-state index in [1.807, 2.05) is 6.92 Å². The Labute approximate surface area is 118 Å². The molecule has 2 aromatic rings. The molecule has 0 fully saturated rings. The Bertz CT molecular complexity index is 597. The predicted octanol–water partition coefficient (Wildman–Crippen LogP) is 3.41. The lowest BCUT2D eigenvalue weighted by molar-refractivity contribution is -0.138. The molecule has 0 spiro atoms. The molecule has 1 aromatic heterocycles. The first kappa shape index (κ1) is 14.8. The number of hydrogen-bond donors (Lipinski definition) is 1. The van der Waals surface area contributed by atoms with Crippen molar-refractivity contribution in [3.63, 3.8) is 0 Å². The Balaban J connectivity index is 2.28. The van der Waals surface area contributed by atoms with Crippen molar-refractivity contribution >= 4 is 11.8 Å². The molecule has 1 aromatic carbocycles. The highest BCUT2D eigenvalue weighted by atomic mass is 32.2. The lowest BCUT2D eigenvalue weighted by Crippen LogP contribution is -2.11. The molecular weight excluding hydrogens is 287 g/mol. The van der Waals surface area contributed by atoms with Crippen molar-refractivity contribution in [1.82, 2.24) is 9.97 Å². The third kappa shape index (κ3) is 3.49. The first-order chi connectivity index (χ1) is 9.40. The highest BCUT2D eigenvalue weighted by molar-refractivity contribution is 7.99. The molecule has 1 heterocycles. The number of nitrogens with zero attached hydrogens (tertiary/aromatic N) is 2. The minimum Gasteiger partial charge on any atom is -0.326 e. The third-order valence-corrected chi connectivity index (χ3v) is 3.45. The van der Waals surface area contributed by atoms with Gasteiger partial charge in [-0.25, -0.2) is 9.97 Å². The standard InChI is InChI=1S/C13H12F3N3S/c1-8-6-18-12(19-7-8)20-10-2-3-11(13(14,15)16)9(4-10)5-17/h2-4,6-7H,5,17H2,1H3. The van der Waals surface area contributed by atoms with E-state index in [2.05, 4.69) is 9.97 Å². The molecule has 20 heavy (non-hydrogen) atoms. The Hall–Kier alpha value is -1.60. The number of alkyl halides is 3. The van der Waals surface area contributed by atoms with Crippen molar-refractivity contribution < 1.29 is 13.2 Å². The van der Waals surface area contributed by atoms with Crippen LogP contribution in [0.15, 0.2) is 40.6 Å². The second kappa shape index (κ2) is 5.80. The molecule has 0 saturated heterocycles. The number of benzene rings is 1. The minimum atomic E-state index is -4.39. The van der Waals surface area contributed by atoms with Gasteiger partial charge in [-0.1, -0.05) is 0 Å². The molecule has 0 aliphatic heterocycles. The van der Waals surface area contributed by atoms with Gasteiger partial charge in [0, 0.05) is 23.8 Å². The zero-order valence-electron chi connectivity index (χ0n) is 10.6. The van der Waals surface area contributed by atoms with Gasteiger partial charge in [0.05, 0.1) is 5.56 Å². The quantitative estimate of drug-likeness (QED) is 0.882. The zero-order valence-corrected chi connectivity index (χ0v) is 11.4. The van der Waals surface area contributed by atoms with Crippen LogP contribution in [0.2, 0.25) is 0 Å². The van der Waals surface area contributed by atoms with E-state index >= 15 is 0 Å². The van der Waals surface area contributed by atoms with E-state index in [0.29, 0.717) is 10.1 Å². The summed E-state index contributed by atoms with van der Waals surface area (Å²) in [7, 11) is 0. The van der Waals surface area contributed by atoms with Gasteiger partial charge in [0.1, 0.15) is 0 Å². The zero-order chi connectivity index (χ0) is 14.8. The molecule has 106 valence electrons. The van der Waals surface area contributed by atoms with Crippen LogP contribution in [0.25, 0.3) is 0 Å². The van der Waals surface area contributed by atoms with Crippen LogP contribution in [0.1, 0.15) is 16.7 Å². The highest BCUT2D eigenvalue weighted by Gasteiger charge is 2.32. The fraction of sp³-hybridized carbons (Fsp3) is 0.231. The highest BCUT2D eigenvalue weighted by Crippen LogP contribution is 2.35. The summed E-state index contributed by atoms with van der Waals surface area (Å²) in [4.78, 5) is 8.82. The van der Waals surface area contributed by atoms with Crippen molar-refractivity contribution in [3.05, 3.63) is 47.3 Å². The summed E-state index contributed by atoms with van der Waals surface area (Å²) in [5, 5.41) is 0.485. The average Bonchev–Trinajstić information content (AvgIpc) is 2.40. The number of aryl methyl sites for hydroxylation is 1. The molecule has 0 bridgehead atoms. The van der Waals surface area contributed by atoms with Gasteiger partial charge in [-0.3, -0.25) is 0 Å². The maximum absolute atomic E-state index is 12.8. The fourth-order valence-corrected chi connectivity index (χ4v) is 2.38. The van der Waals surface area contributed by atoms with E-state index in [4.69, 9.17) is 5.73 Å². The molecule has 0 amide bonds. The molecule has 7 heteroatoms. The van der Waals surface area contributed by atoms with E-state index in [1.54, 1.807) is 12.4 Å². The Morgan fingerprint density at radius 1 is 1.20 bits per heavy atom. The Morgan fingerprint density at radius 2 is 1.85 bits per heavy atom. The van der Waals surface area contributed by atoms with Crippen LogP contribution in [0.4, 0.5) is 13.2 Å². The molecule has 3 nitrogen and oxygen atoms in total. The predicted molar refractivity (Wildman–Crippen MR) is 70.2 cm³/mol. The van der Waals surface area contributed by atoms with E-state index in [-0.39, 0.29) is 12.1 Å². The maximum atomic E-state index is 12.8. The number of aromatic nitrogens is 2. The molecule has 0 aliphatic carbocycles. The van der Waals surface area contributed by atoms with Crippen LogP contribution in [0, 0.1) is 6.92 Å². The molecule has 0 saturated carbocycles. The Kier molecular flexibility index (Phi) is 4.29. The number of halogens is 3. The maximum Gasteiger partial charge on any atom is 0.416 e. The first-order valence-electron chi connectivity index (χ1n) is 5.77.